The Morgan fingerprint density at radius 1 is 1.28 bits per heavy atom. The van der Waals surface area contributed by atoms with E-state index in [1.807, 2.05) is 6.07 Å². The lowest BCUT2D eigenvalue weighted by atomic mass is 10.2. The van der Waals surface area contributed by atoms with E-state index < -0.39 is 0 Å². The number of hydrogen-bond donors (Lipinski definition) is 1. The van der Waals surface area contributed by atoms with Crippen LogP contribution in [-0.4, -0.2) is 22.7 Å². The molecule has 0 saturated heterocycles. The molecule has 136 valence electrons. The van der Waals surface area contributed by atoms with Crippen LogP contribution in [0.25, 0.3) is 0 Å². The van der Waals surface area contributed by atoms with Gasteiger partial charge in [-0.25, -0.2) is 0 Å². The Morgan fingerprint density at radius 3 is 2.84 bits per heavy atom. The summed E-state index contributed by atoms with van der Waals surface area (Å²) < 4.78 is 6.68. The molecule has 7 heteroatoms. The molecule has 0 radical (unpaired) electrons. The van der Waals surface area contributed by atoms with Gasteiger partial charge in [-0.2, -0.15) is 0 Å². The van der Waals surface area contributed by atoms with Gasteiger partial charge in [0.05, 0.1) is 11.1 Å². The zero-order chi connectivity index (χ0) is 18.1. The minimum atomic E-state index is -0.0535. The van der Waals surface area contributed by atoms with E-state index in [0.717, 1.165) is 40.9 Å². The van der Waals surface area contributed by atoms with Crippen LogP contribution in [0.1, 0.15) is 50.1 Å². The molecule has 0 atom stereocenters. The van der Waals surface area contributed by atoms with Crippen LogP contribution in [0.3, 0.4) is 0 Å². The third-order valence-corrected chi connectivity index (χ3v) is 5.19. The number of benzene rings is 1. The van der Waals surface area contributed by atoms with E-state index >= 15 is 0 Å². The van der Waals surface area contributed by atoms with E-state index in [0.29, 0.717) is 24.6 Å². The van der Waals surface area contributed by atoms with Crippen LogP contribution < -0.4 is 10.1 Å². The standard InChI is InChI=1S/C18H24BrN3O2S/c1-3-5-8-17-21-22-18(25-17)20-16(23)7-6-11-24-15-10-9-13(4-2)12-14(15)19/h9-10,12H,3-8,11H2,1-2H3,(H,20,22,23). The number of amides is 1. The van der Waals surface area contributed by atoms with Crippen molar-refractivity contribution in [3.8, 4) is 5.75 Å². The maximum Gasteiger partial charge on any atom is 0.226 e. The molecule has 0 fully saturated rings. The number of ether oxygens (including phenoxy) is 1. The van der Waals surface area contributed by atoms with Crippen LogP contribution in [0, 0.1) is 0 Å². The minimum Gasteiger partial charge on any atom is -0.492 e. The fraction of sp³-hybridized carbons (Fsp3) is 0.500. The largest absolute Gasteiger partial charge is 0.492 e. The SMILES string of the molecule is CCCCc1nnc(NC(=O)CCCOc2ccc(CC)cc2Br)s1. The summed E-state index contributed by atoms with van der Waals surface area (Å²) in [7, 11) is 0. The molecule has 1 heterocycles. The first-order chi connectivity index (χ1) is 12.1. The smallest absolute Gasteiger partial charge is 0.226 e. The molecule has 5 nitrogen and oxygen atoms in total. The van der Waals surface area contributed by atoms with Crippen LogP contribution in [0.5, 0.6) is 5.75 Å². The van der Waals surface area contributed by atoms with Gasteiger partial charge < -0.3 is 10.1 Å². The first-order valence-electron chi connectivity index (χ1n) is 8.65. The molecule has 0 bridgehead atoms. The maximum absolute atomic E-state index is 12.0. The molecule has 25 heavy (non-hydrogen) atoms. The highest BCUT2D eigenvalue weighted by atomic mass is 79.9. The van der Waals surface area contributed by atoms with Crippen LogP contribution in [0.15, 0.2) is 22.7 Å². The van der Waals surface area contributed by atoms with E-state index in [-0.39, 0.29) is 5.91 Å². The number of halogens is 1. The number of aromatic nitrogens is 2. The molecule has 1 aromatic heterocycles. The molecule has 0 aliphatic rings. The number of nitrogens with zero attached hydrogens (tertiary/aromatic N) is 2. The number of rotatable bonds is 10. The first-order valence-corrected chi connectivity index (χ1v) is 10.3. The van der Waals surface area contributed by atoms with Gasteiger partial charge in [0.25, 0.3) is 0 Å². The molecule has 1 amide bonds. The summed E-state index contributed by atoms with van der Waals surface area (Å²) in [6.45, 7) is 4.75. The topological polar surface area (TPSA) is 64.1 Å². The summed E-state index contributed by atoms with van der Waals surface area (Å²) in [5.41, 5.74) is 1.26. The minimum absolute atomic E-state index is 0.0535. The highest BCUT2D eigenvalue weighted by molar-refractivity contribution is 9.10. The zero-order valence-corrected chi connectivity index (χ0v) is 17.1. The van der Waals surface area contributed by atoms with Crippen molar-refractivity contribution in [2.75, 3.05) is 11.9 Å². The quantitative estimate of drug-likeness (QED) is 0.543. The van der Waals surface area contributed by atoms with Crippen LogP contribution in [0.2, 0.25) is 0 Å². The van der Waals surface area contributed by atoms with E-state index in [4.69, 9.17) is 4.74 Å². The summed E-state index contributed by atoms with van der Waals surface area (Å²) in [6, 6.07) is 6.08. The summed E-state index contributed by atoms with van der Waals surface area (Å²) in [4.78, 5) is 12.0. The van der Waals surface area contributed by atoms with Crippen molar-refractivity contribution in [2.45, 2.75) is 52.4 Å². The highest BCUT2D eigenvalue weighted by Crippen LogP contribution is 2.26. The Balaban J connectivity index is 1.69. The van der Waals surface area contributed by atoms with Crippen LogP contribution >= 0.6 is 27.3 Å². The van der Waals surface area contributed by atoms with E-state index in [1.165, 1.54) is 16.9 Å². The number of carbonyl (C=O) groups excluding carboxylic acids is 1. The van der Waals surface area contributed by atoms with E-state index in [2.05, 4.69) is 57.4 Å². The molecule has 0 saturated carbocycles. The number of aryl methyl sites for hydroxylation is 2. The number of hydrogen-bond acceptors (Lipinski definition) is 5. The molecule has 0 unspecified atom stereocenters. The molecule has 0 spiro atoms. The van der Waals surface area contributed by atoms with Crippen molar-refractivity contribution < 1.29 is 9.53 Å². The molecule has 0 aliphatic heterocycles. The second-order valence-electron chi connectivity index (χ2n) is 5.72. The van der Waals surface area contributed by atoms with E-state index in [1.54, 1.807) is 0 Å². The Hall–Kier alpha value is -1.47. The van der Waals surface area contributed by atoms with Gasteiger partial charge in [0.2, 0.25) is 11.0 Å². The van der Waals surface area contributed by atoms with Gasteiger partial charge in [0, 0.05) is 12.8 Å². The fourth-order valence-electron chi connectivity index (χ4n) is 2.21. The Morgan fingerprint density at radius 2 is 2.12 bits per heavy atom. The zero-order valence-electron chi connectivity index (χ0n) is 14.7. The predicted octanol–water partition coefficient (Wildman–Crippen LogP) is 5.00. The van der Waals surface area contributed by atoms with Crippen molar-refractivity contribution in [1.82, 2.24) is 10.2 Å². The van der Waals surface area contributed by atoms with Crippen molar-refractivity contribution in [3.05, 3.63) is 33.2 Å². The third kappa shape index (κ3) is 6.74. The van der Waals surface area contributed by atoms with Crippen LogP contribution in [0.4, 0.5) is 5.13 Å². The molecule has 1 N–H and O–H groups in total. The Labute approximate surface area is 161 Å². The van der Waals surface area contributed by atoms with Gasteiger partial charge in [-0.3, -0.25) is 4.79 Å². The lowest BCUT2D eigenvalue weighted by molar-refractivity contribution is -0.116. The van der Waals surface area contributed by atoms with Gasteiger partial charge >= 0.3 is 0 Å². The summed E-state index contributed by atoms with van der Waals surface area (Å²) in [6.07, 6.45) is 5.17. The summed E-state index contributed by atoms with van der Waals surface area (Å²) in [5, 5.41) is 12.5. The van der Waals surface area contributed by atoms with E-state index in [9.17, 15) is 4.79 Å². The molecular formula is C18H24BrN3O2S. The second-order valence-corrected chi connectivity index (χ2v) is 7.64. The molecule has 2 rings (SSSR count). The van der Waals surface area contributed by atoms with Crippen molar-refractivity contribution in [2.24, 2.45) is 0 Å². The van der Waals surface area contributed by atoms with Crippen LogP contribution in [-0.2, 0) is 17.6 Å². The fourth-order valence-corrected chi connectivity index (χ4v) is 3.55. The van der Waals surface area contributed by atoms with Crippen molar-refractivity contribution in [1.29, 1.82) is 0 Å². The Bertz CT molecular complexity index is 691. The second kappa shape index (κ2) is 10.5. The number of anilines is 1. The lowest BCUT2D eigenvalue weighted by Gasteiger charge is -2.09. The lowest BCUT2D eigenvalue weighted by Crippen LogP contribution is -2.12. The van der Waals surface area contributed by atoms with Gasteiger partial charge in [0.15, 0.2) is 0 Å². The van der Waals surface area contributed by atoms with Gasteiger partial charge in [-0.1, -0.05) is 37.7 Å². The molecule has 1 aromatic carbocycles. The average molecular weight is 426 g/mol. The maximum atomic E-state index is 12.0. The molecular weight excluding hydrogens is 402 g/mol. The predicted molar refractivity (Wildman–Crippen MR) is 105 cm³/mol. The van der Waals surface area contributed by atoms with Crippen molar-refractivity contribution >= 4 is 38.3 Å². The number of unbranched alkanes of at least 4 members (excludes halogenated alkanes) is 1. The monoisotopic (exact) mass is 425 g/mol. The number of nitrogens with one attached hydrogen (secondary N) is 1. The van der Waals surface area contributed by atoms with Crippen molar-refractivity contribution in [3.63, 3.8) is 0 Å². The summed E-state index contributed by atoms with van der Waals surface area (Å²) in [5.74, 6) is 0.754. The van der Waals surface area contributed by atoms with Gasteiger partial charge in [0.1, 0.15) is 10.8 Å². The Kier molecular flexibility index (Phi) is 8.34. The average Bonchev–Trinajstić information content (AvgIpc) is 3.05. The third-order valence-electron chi connectivity index (χ3n) is 3.67. The first kappa shape index (κ1) is 19.8. The van der Waals surface area contributed by atoms with Gasteiger partial charge in [-0.15, -0.1) is 10.2 Å². The summed E-state index contributed by atoms with van der Waals surface area (Å²) >= 11 is 4.97. The highest BCUT2D eigenvalue weighted by Gasteiger charge is 2.08. The molecule has 0 aliphatic carbocycles. The van der Waals surface area contributed by atoms with Gasteiger partial charge in [-0.05, 0) is 52.9 Å². The normalized spacial score (nSPS) is 10.7. The number of carbonyl (C=O) groups is 1. The molecule has 2 aromatic rings.